The molecular weight excluding hydrogens is 307 g/mol. The zero-order chi connectivity index (χ0) is 14.1. The van der Waals surface area contributed by atoms with Crippen LogP contribution in [-0.4, -0.2) is 12.4 Å². The van der Waals surface area contributed by atoms with E-state index in [0.29, 0.717) is 32.5 Å². The van der Waals surface area contributed by atoms with Gasteiger partial charge in [0.2, 0.25) is 0 Å². The van der Waals surface area contributed by atoms with E-state index < -0.39 is 0 Å². The number of benzene rings is 2. The van der Waals surface area contributed by atoms with Crippen LogP contribution in [0.5, 0.6) is 5.75 Å². The summed E-state index contributed by atoms with van der Waals surface area (Å²) in [5.74, 6) is 0.558. The molecule has 0 atom stereocenters. The van der Waals surface area contributed by atoms with Gasteiger partial charge in [-0.1, -0.05) is 48.8 Å². The number of para-hydroxylation sites is 1. The summed E-state index contributed by atoms with van der Waals surface area (Å²) in [7, 11) is 0. The number of rotatable bonds is 1. The Labute approximate surface area is 134 Å². The number of carbonyl (C=O) groups excluding carboxylic acids is 1. The molecule has 0 aliphatic carbocycles. The number of halogens is 2. The first-order valence-corrected chi connectivity index (χ1v) is 6.83. The molecule has 0 N–H and O–H groups in total. The molecule has 21 heavy (non-hydrogen) atoms. The summed E-state index contributed by atoms with van der Waals surface area (Å²) in [5.41, 5.74) is 1.74. The minimum Gasteiger partial charge on any atom is -0.488 e. The smallest absolute Gasteiger partial charge is 0.196 e. The second kappa shape index (κ2) is 6.33. The van der Waals surface area contributed by atoms with E-state index in [1.165, 1.54) is 0 Å². The molecule has 1 heterocycles. The number of fused-ring (bicyclic) bond motifs is 1. The van der Waals surface area contributed by atoms with Crippen molar-refractivity contribution in [3.05, 3.63) is 69.2 Å². The summed E-state index contributed by atoms with van der Waals surface area (Å²) in [4.78, 5) is 12.4. The minimum absolute atomic E-state index is 0. The molecule has 0 saturated carbocycles. The number of hydrogen-bond acceptors (Lipinski definition) is 2. The van der Waals surface area contributed by atoms with E-state index in [9.17, 15) is 4.79 Å². The molecule has 2 aromatic carbocycles. The molecule has 1 aliphatic heterocycles. The maximum absolute atomic E-state index is 12.4. The van der Waals surface area contributed by atoms with Crippen LogP contribution >= 0.6 is 23.2 Å². The van der Waals surface area contributed by atoms with E-state index in [-0.39, 0.29) is 19.8 Å². The zero-order valence-electron chi connectivity index (χ0n) is 10.4. The van der Waals surface area contributed by atoms with Gasteiger partial charge in [0, 0.05) is 21.2 Å². The number of hydrogen-bond donors (Lipinski definition) is 0. The quantitative estimate of drug-likeness (QED) is 0.667. The maximum Gasteiger partial charge on any atom is 0.196 e. The van der Waals surface area contributed by atoms with Gasteiger partial charge in [-0.15, -0.1) is 0 Å². The fourth-order valence-electron chi connectivity index (χ4n) is 2.10. The Balaban J connectivity index is 0.00000161. The topological polar surface area (TPSA) is 26.3 Å². The minimum atomic E-state index is -0.0529. The molecule has 0 saturated heterocycles. The second-order valence-corrected chi connectivity index (χ2v) is 5.23. The van der Waals surface area contributed by atoms with E-state index in [0.717, 1.165) is 0 Å². The van der Waals surface area contributed by atoms with Crippen molar-refractivity contribution in [2.75, 3.05) is 6.61 Å². The molecule has 108 valence electrons. The Morgan fingerprint density at radius 3 is 2.38 bits per heavy atom. The summed E-state index contributed by atoms with van der Waals surface area (Å²) < 4.78 is 5.58. The Morgan fingerprint density at radius 2 is 1.67 bits per heavy atom. The molecule has 0 aromatic heterocycles. The molecule has 0 unspecified atom stereocenters. The van der Waals surface area contributed by atoms with Crippen LogP contribution in [0.4, 0.5) is 0 Å². The first kappa shape index (κ1) is 15.6. The van der Waals surface area contributed by atoms with Crippen LogP contribution < -0.4 is 4.74 Å². The summed E-state index contributed by atoms with van der Waals surface area (Å²) >= 11 is 12.2. The molecule has 1 aliphatic rings. The highest BCUT2D eigenvalue weighted by molar-refractivity contribution is 6.37. The van der Waals surface area contributed by atoms with Crippen LogP contribution in [-0.2, 0) is 0 Å². The average molecular weight is 321 g/mol. The lowest BCUT2D eigenvalue weighted by molar-refractivity contribution is 0.100. The summed E-state index contributed by atoms with van der Waals surface area (Å²) in [6, 6.07) is 12.4. The lowest BCUT2D eigenvalue weighted by atomic mass is 9.98. The first-order valence-electron chi connectivity index (χ1n) is 6.08. The van der Waals surface area contributed by atoms with Gasteiger partial charge in [0.25, 0.3) is 0 Å². The standard InChI is InChI=1S/C16H10Cl2O2.CH4/c17-13-5-3-6-14(18)12(13)8-10-9-20-15-7-2-1-4-11(15)16(10)19;/h1-8H,9H2;1H4/b10-8+;. The normalized spacial score (nSPS) is 15.1. The van der Waals surface area contributed by atoms with Crippen molar-refractivity contribution in [2.24, 2.45) is 0 Å². The van der Waals surface area contributed by atoms with Crippen LogP contribution in [0.15, 0.2) is 48.0 Å². The summed E-state index contributed by atoms with van der Waals surface area (Å²) in [6.07, 6.45) is 1.70. The second-order valence-electron chi connectivity index (χ2n) is 4.42. The van der Waals surface area contributed by atoms with Gasteiger partial charge in [0.15, 0.2) is 5.78 Å². The number of ketones is 1. The van der Waals surface area contributed by atoms with Crippen LogP contribution in [0.2, 0.25) is 10.0 Å². The van der Waals surface area contributed by atoms with Crippen molar-refractivity contribution in [2.45, 2.75) is 7.43 Å². The Morgan fingerprint density at radius 1 is 1.00 bits per heavy atom. The van der Waals surface area contributed by atoms with Gasteiger partial charge in [0.05, 0.1) is 5.56 Å². The number of carbonyl (C=O) groups is 1. The van der Waals surface area contributed by atoms with Crippen molar-refractivity contribution in [1.82, 2.24) is 0 Å². The Hall–Kier alpha value is -1.77. The zero-order valence-corrected chi connectivity index (χ0v) is 11.9. The van der Waals surface area contributed by atoms with Crippen molar-refractivity contribution < 1.29 is 9.53 Å². The van der Waals surface area contributed by atoms with Gasteiger partial charge in [-0.25, -0.2) is 0 Å². The predicted molar refractivity (Wildman–Crippen MR) is 87.4 cm³/mol. The van der Waals surface area contributed by atoms with Gasteiger partial charge < -0.3 is 4.74 Å². The van der Waals surface area contributed by atoms with Gasteiger partial charge in [-0.05, 0) is 30.3 Å². The molecular formula is C17H14Cl2O2. The van der Waals surface area contributed by atoms with Gasteiger partial charge in [-0.2, -0.15) is 0 Å². The highest BCUT2D eigenvalue weighted by Crippen LogP contribution is 2.31. The Kier molecular flexibility index (Phi) is 4.71. The Bertz CT molecular complexity index is 700. The predicted octanol–water partition coefficient (Wildman–Crippen LogP) is 5.29. The lowest BCUT2D eigenvalue weighted by Crippen LogP contribution is -2.18. The van der Waals surface area contributed by atoms with Crippen molar-refractivity contribution in [3.63, 3.8) is 0 Å². The number of ether oxygens (including phenoxy) is 1. The fourth-order valence-corrected chi connectivity index (χ4v) is 2.61. The van der Waals surface area contributed by atoms with Crippen LogP contribution in [0, 0.1) is 0 Å². The van der Waals surface area contributed by atoms with E-state index in [1.54, 1.807) is 36.4 Å². The third kappa shape index (κ3) is 2.97. The number of Topliss-reactive ketones (excluding diaryl/α,β-unsaturated/α-hetero) is 1. The largest absolute Gasteiger partial charge is 0.488 e. The molecule has 4 heteroatoms. The average Bonchev–Trinajstić information content (AvgIpc) is 2.45. The lowest BCUT2D eigenvalue weighted by Gasteiger charge is -2.18. The molecule has 0 bridgehead atoms. The molecule has 2 aromatic rings. The molecule has 3 rings (SSSR count). The van der Waals surface area contributed by atoms with Gasteiger partial charge >= 0.3 is 0 Å². The fraction of sp³-hybridized carbons (Fsp3) is 0.118. The maximum atomic E-state index is 12.4. The van der Waals surface area contributed by atoms with Crippen molar-refractivity contribution in [1.29, 1.82) is 0 Å². The third-order valence-electron chi connectivity index (χ3n) is 3.12. The van der Waals surface area contributed by atoms with Gasteiger partial charge in [-0.3, -0.25) is 4.79 Å². The van der Waals surface area contributed by atoms with Crippen LogP contribution in [0.3, 0.4) is 0 Å². The van der Waals surface area contributed by atoms with E-state index in [4.69, 9.17) is 27.9 Å². The molecule has 0 radical (unpaired) electrons. The molecule has 0 amide bonds. The molecule has 0 fully saturated rings. The third-order valence-corrected chi connectivity index (χ3v) is 3.78. The van der Waals surface area contributed by atoms with Crippen molar-refractivity contribution in [3.8, 4) is 5.75 Å². The monoisotopic (exact) mass is 320 g/mol. The van der Waals surface area contributed by atoms with Crippen LogP contribution in [0.1, 0.15) is 23.3 Å². The van der Waals surface area contributed by atoms with E-state index >= 15 is 0 Å². The highest BCUT2D eigenvalue weighted by Gasteiger charge is 2.23. The van der Waals surface area contributed by atoms with E-state index in [2.05, 4.69) is 0 Å². The summed E-state index contributed by atoms with van der Waals surface area (Å²) in [6.45, 7) is 0.220. The molecule has 0 spiro atoms. The van der Waals surface area contributed by atoms with Crippen LogP contribution in [0.25, 0.3) is 6.08 Å². The first-order chi connectivity index (χ1) is 9.66. The van der Waals surface area contributed by atoms with Gasteiger partial charge in [0.1, 0.15) is 12.4 Å². The summed E-state index contributed by atoms with van der Waals surface area (Å²) in [5, 5.41) is 1.02. The van der Waals surface area contributed by atoms with E-state index in [1.807, 2.05) is 12.1 Å². The molecule has 2 nitrogen and oxygen atoms in total. The van der Waals surface area contributed by atoms with Crippen molar-refractivity contribution >= 4 is 35.1 Å². The highest BCUT2D eigenvalue weighted by atomic mass is 35.5. The SMILES string of the molecule is C.O=C1/C(=C/c2c(Cl)cccc2Cl)COc2ccccc21.